The van der Waals surface area contributed by atoms with Crippen LogP contribution in [-0.4, -0.2) is 10.2 Å². The van der Waals surface area contributed by atoms with Gasteiger partial charge in [-0.05, 0) is 18.6 Å². The van der Waals surface area contributed by atoms with Crippen molar-refractivity contribution in [3.05, 3.63) is 23.5 Å². The van der Waals surface area contributed by atoms with Crippen LogP contribution in [0, 0.1) is 11.3 Å². The Bertz CT molecular complexity index is 319. The first-order valence-electron chi connectivity index (χ1n) is 4.34. The fourth-order valence-corrected chi connectivity index (χ4v) is 0.934. The van der Waals surface area contributed by atoms with Crippen LogP contribution in [0.15, 0.2) is 12.1 Å². The molecule has 3 nitrogen and oxygen atoms in total. The van der Waals surface area contributed by atoms with Crippen molar-refractivity contribution < 1.29 is 0 Å². The molecule has 0 bridgehead atoms. The molecular formula is C10H13N3. The molecule has 1 heterocycles. The van der Waals surface area contributed by atoms with Crippen molar-refractivity contribution in [3.63, 3.8) is 0 Å². The summed E-state index contributed by atoms with van der Waals surface area (Å²) < 4.78 is 0. The summed E-state index contributed by atoms with van der Waals surface area (Å²) >= 11 is 0. The van der Waals surface area contributed by atoms with E-state index in [4.69, 9.17) is 5.26 Å². The minimum absolute atomic E-state index is 0.0426. The van der Waals surface area contributed by atoms with Crippen molar-refractivity contribution in [2.24, 2.45) is 0 Å². The zero-order valence-electron chi connectivity index (χ0n) is 8.20. The van der Waals surface area contributed by atoms with E-state index in [9.17, 15) is 0 Å². The highest BCUT2D eigenvalue weighted by molar-refractivity contribution is 5.22. The lowest BCUT2D eigenvalue weighted by Crippen LogP contribution is -2.18. The Morgan fingerprint density at radius 2 is 2.08 bits per heavy atom. The summed E-state index contributed by atoms with van der Waals surface area (Å²) in [5, 5.41) is 16.4. The van der Waals surface area contributed by atoms with E-state index in [1.54, 1.807) is 6.07 Å². The molecule has 0 atom stereocenters. The summed E-state index contributed by atoms with van der Waals surface area (Å²) in [6.45, 7) is 6.34. The Kier molecular flexibility index (Phi) is 2.62. The van der Waals surface area contributed by atoms with Gasteiger partial charge in [-0.1, -0.05) is 20.8 Å². The van der Waals surface area contributed by atoms with Gasteiger partial charge in [0, 0.05) is 5.41 Å². The van der Waals surface area contributed by atoms with E-state index in [-0.39, 0.29) is 5.41 Å². The van der Waals surface area contributed by atoms with Crippen molar-refractivity contribution in [1.82, 2.24) is 10.2 Å². The van der Waals surface area contributed by atoms with Gasteiger partial charge in [0.15, 0.2) is 5.69 Å². The molecule has 0 N–H and O–H groups in total. The molecule has 68 valence electrons. The minimum atomic E-state index is 0.0426. The van der Waals surface area contributed by atoms with Crippen LogP contribution in [0.4, 0.5) is 0 Å². The first-order valence-corrected chi connectivity index (χ1v) is 4.34. The largest absolute Gasteiger partial charge is 0.191 e. The summed E-state index contributed by atoms with van der Waals surface area (Å²) in [6.07, 6.45) is 1.01. The molecule has 0 aliphatic heterocycles. The third kappa shape index (κ3) is 2.03. The Labute approximate surface area is 78.4 Å². The fraction of sp³-hybridized carbons (Fsp3) is 0.500. The molecule has 3 heteroatoms. The molecule has 0 spiro atoms. The molecule has 1 aromatic heterocycles. The maximum absolute atomic E-state index is 8.54. The molecule has 0 aliphatic carbocycles. The lowest BCUT2D eigenvalue weighted by atomic mass is 9.86. The van der Waals surface area contributed by atoms with Gasteiger partial charge < -0.3 is 0 Å². The van der Waals surface area contributed by atoms with E-state index >= 15 is 0 Å². The van der Waals surface area contributed by atoms with Crippen LogP contribution in [0.1, 0.15) is 38.6 Å². The molecule has 1 aromatic rings. The highest BCUT2D eigenvalue weighted by Gasteiger charge is 2.19. The van der Waals surface area contributed by atoms with Gasteiger partial charge in [0.1, 0.15) is 6.07 Å². The highest BCUT2D eigenvalue weighted by Crippen LogP contribution is 2.23. The number of hydrogen-bond acceptors (Lipinski definition) is 3. The molecule has 0 unspecified atom stereocenters. The average molecular weight is 175 g/mol. The van der Waals surface area contributed by atoms with E-state index in [0.29, 0.717) is 5.69 Å². The summed E-state index contributed by atoms with van der Waals surface area (Å²) in [4.78, 5) is 0. The monoisotopic (exact) mass is 175 g/mol. The van der Waals surface area contributed by atoms with E-state index in [0.717, 1.165) is 12.1 Å². The van der Waals surface area contributed by atoms with Crippen molar-refractivity contribution in [2.75, 3.05) is 0 Å². The number of hydrogen-bond donors (Lipinski definition) is 0. The van der Waals surface area contributed by atoms with Crippen LogP contribution in [0.3, 0.4) is 0 Å². The van der Waals surface area contributed by atoms with Crippen LogP contribution < -0.4 is 0 Å². The minimum Gasteiger partial charge on any atom is -0.191 e. The number of aromatic nitrogens is 2. The molecule has 0 aromatic carbocycles. The third-order valence-corrected chi connectivity index (χ3v) is 2.36. The van der Waals surface area contributed by atoms with Crippen LogP contribution in [0.2, 0.25) is 0 Å². The predicted octanol–water partition coefficient (Wildman–Crippen LogP) is 2.04. The molecule has 0 fully saturated rings. The van der Waals surface area contributed by atoms with Gasteiger partial charge in [0.05, 0.1) is 5.69 Å². The second-order valence-corrected chi connectivity index (χ2v) is 3.65. The molecule has 13 heavy (non-hydrogen) atoms. The van der Waals surface area contributed by atoms with Crippen LogP contribution in [0.5, 0.6) is 0 Å². The highest BCUT2D eigenvalue weighted by atomic mass is 15.1. The normalized spacial score (nSPS) is 10.9. The topological polar surface area (TPSA) is 49.6 Å². The molecule has 0 saturated heterocycles. The summed E-state index contributed by atoms with van der Waals surface area (Å²) in [7, 11) is 0. The van der Waals surface area contributed by atoms with Crippen LogP contribution >= 0.6 is 0 Å². The predicted molar refractivity (Wildman–Crippen MR) is 50.1 cm³/mol. The smallest absolute Gasteiger partial charge is 0.163 e. The van der Waals surface area contributed by atoms with Gasteiger partial charge in [-0.2, -0.15) is 10.4 Å². The first-order chi connectivity index (χ1) is 6.10. The zero-order valence-corrected chi connectivity index (χ0v) is 8.20. The van der Waals surface area contributed by atoms with E-state index < -0.39 is 0 Å². The zero-order chi connectivity index (χ0) is 9.90. The summed E-state index contributed by atoms with van der Waals surface area (Å²) in [5.41, 5.74) is 1.35. The average Bonchev–Trinajstić information content (AvgIpc) is 2.18. The maximum atomic E-state index is 8.54. The van der Waals surface area contributed by atoms with Gasteiger partial charge >= 0.3 is 0 Å². The Morgan fingerprint density at radius 3 is 2.46 bits per heavy atom. The van der Waals surface area contributed by atoms with Gasteiger partial charge in [-0.3, -0.25) is 0 Å². The second kappa shape index (κ2) is 3.53. The van der Waals surface area contributed by atoms with Gasteiger partial charge in [0.25, 0.3) is 0 Å². The summed E-state index contributed by atoms with van der Waals surface area (Å²) in [5.74, 6) is 0. The SMILES string of the molecule is CCC(C)(C)c1ccc(C#N)nn1. The third-order valence-electron chi connectivity index (χ3n) is 2.36. The van der Waals surface area contributed by atoms with E-state index in [1.807, 2.05) is 12.1 Å². The number of nitrogens with zero attached hydrogens (tertiary/aromatic N) is 3. The summed E-state index contributed by atoms with van der Waals surface area (Å²) in [6, 6.07) is 5.53. The van der Waals surface area contributed by atoms with Gasteiger partial charge in [0.2, 0.25) is 0 Å². The molecule has 0 aliphatic rings. The van der Waals surface area contributed by atoms with Crippen LogP contribution in [0.25, 0.3) is 0 Å². The van der Waals surface area contributed by atoms with Crippen molar-refractivity contribution >= 4 is 0 Å². The van der Waals surface area contributed by atoms with Gasteiger partial charge in [-0.15, -0.1) is 5.10 Å². The standard InChI is InChI=1S/C10H13N3/c1-4-10(2,3)9-6-5-8(7-11)12-13-9/h5-6H,4H2,1-3H3. The maximum Gasteiger partial charge on any atom is 0.163 e. The molecule has 0 radical (unpaired) electrons. The molecule has 0 saturated carbocycles. The fourth-order valence-electron chi connectivity index (χ4n) is 0.934. The second-order valence-electron chi connectivity index (χ2n) is 3.65. The van der Waals surface area contributed by atoms with Crippen molar-refractivity contribution in [1.29, 1.82) is 5.26 Å². The molecule has 1 rings (SSSR count). The van der Waals surface area contributed by atoms with Crippen molar-refractivity contribution in [2.45, 2.75) is 32.6 Å². The Hall–Kier alpha value is -1.43. The van der Waals surface area contributed by atoms with E-state index in [2.05, 4.69) is 31.0 Å². The molecule has 0 amide bonds. The molecular weight excluding hydrogens is 162 g/mol. The Morgan fingerprint density at radius 1 is 1.38 bits per heavy atom. The van der Waals surface area contributed by atoms with Crippen LogP contribution in [-0.2, 0) is 5.41 Å². The lowest BCUT2D eigenvalue weighted by Gasteiger charge is -2.20. The number of rotatable bonds is 2. The lowest BCUT2D eigenvalue weighted by molar-refractivity contribution is 0.483. The van der Waals surface area contributed by atoms with E-state index in [1.165, 1.54) is 0 Å². The quantitative estimate of drug-likeness (QED) is 0.691. The van der Waals surface area contributed by atoms with Crippen molar-refractivity contribution in [3.8, 4) is 6.07 Å². The number of nitriles is 1. The van der Waals surface area contributed by atoms with Gasteiger partial charge in [-0.25, -0.2) is 0 Å². The Balaban J connectivity index is 3.00. The first kappa shape index (κ1) is 9.66.